The summed E-state index contributed by atoms with van der Waals surface area (Å²) in [6.07, 6.45) is 2.52. The maximum Gasteiger partial charge on any atom is 0.157 e. The van der Waals surface area contributed by atoms with Gasteiger partial charge in [0, 0.05) is 17.9 Å². The van der Waals surface area contributed by atoms with Crippen LogP contribution in [0.1, 0.15) is 48.8 Å². The van der Waals surface area contributed by atoms with Crippen LogP contribution in [0.15, 0.2) is 24.3 Å². The first-order valence-corrected chi connectivity index (χ1v) is 10.1. The molecule has 0 bridgehead atoms. The van der Waals surface area contributed by atoms with Crippen LogP contribution in [-0.2, 0) is 22.3 Å². The minimum atomic E-state index is -0.819. The highest BCUT2D eigenvalue weighted by Crippen LogP contribution is 2.30. The van der Waals surface area contributed by atoms with Crippen LogP contribution in [0, 0.1) is 23.3 Å². The van der Waals surface area contributed by atoms with Crippen molar-refractivity contribution < 1.29 is 27.0 Å². The number of benzene rings is 2. The number of unbranched alkanes of at least 4 members (excludes halogenated alkanes) is 1. The Kier molecular flexibility index (Phi) is 7.55. The number of hydrogen-bond donors (Lipinski definition) is 0. The second kappa shape index (κ2) is 9.92. The molecule has 0 atom stereocenters. The third-order valence-electron chi connectivity index (χ3n) is 5.05. The Morgan fingerprint density at radius 2 is 1.38 bits per heavy atom. The zero-order chi connectivity index (χ0) is 21.0. The van der Waals surface area contributed by atoms with Crippen molar-refractivity contribution in [1.82, 2.24) is 0 Å². The summed E-state index contributed by atoms with van der Waals surface area (Å²) in [5, 5.41) is -0.536. The number of ether oxygens (including phenoxy) is 2. The van der Waals surface area contributed by atoms with E-state index >= 15 is 0 Å². The summed E-state index contributed by atoms with van der Waals surface area (Å²) in [4.78, 5) is 0. The minimum Gasteiger partial charge on any atom is -0.352 e. The molecule has 29 heavy (non-hydrogen) atoms. The Hall–Kier alpha value is -1.63. The van der Waals surface area contributed by atoms with Gasteiger partial charge in [0.15, 0.2) is 6.29 Å². The quantitative estimate of drug-likeness (QED) is 0.377. The summed E-state index contributed by atoms with van der Waals surface area (Å²) in [6, 6.07) is 5.09. The van der Waals surface area contributed by atoms with Gasteiger partial charge in [-0.2, -0.15) is 0 Å². The summed E-state index contributed by atoms with van der Waals surface area (Å²) in [5.41, 5.74) is 1.05. The summed E-state index contributed by atoms with van der Waals surface area (Å²) in [7, 11) is 0. The molecule has 1 aliphatic rings. The molecule has 0 amide bonds. The van der Waals surface area contributed by atoms with Gasteiger partial charge >= 0.3 is 0 Å². The number of rotatable bonds is 7. The van der Waals surface area contributed by atoms with Crippen LogP contribution in [-0.4, -0.2) is 19.5 Å². The van der Waals surface area contributed by atoms with Gasteiger partial charge in [-0.1, -0.05) is 24.9 Å². The lowest BCUT2D eigenvalue weighted by molar-refractivity contribution is -0.189. The van der Waals surface area contributed by atoms with Gasteiger partial charge in [-0.05, 0) is 54.7 Å². The molecule has 0 aliphatic carbocycles. The van der Waals surface area contributed by atoms with Gasteiger partial charge in [-0.25, -0.2) is 17.6 Å². The van der Waals surface area contributed by atoms with Crippen molar-refractivity contribution in [2.75, 3.05) is 13.2 Å². The SMILES string of the molecule is CCCCc1cc(F)c(C2COC(CCc3cc(F)c(Cl)c(F)c3)OC2)c(F)c1. The van der Waals surface area contributed by atoms with E-state index in [1.54, 1.807) is 0 Å². The molecule has 0 saturated carbocycles. The molecule has 2 aromatic rings. The maximum atomic E-state index is 14.5. The van der Waals surface area contributed by atoms with Gasteiger partial charge in [-0.3, -0.25) is 0 Å². The Balaban J connectivity index is 1.57. The van der Waals surface area contributed by atoms with Crippen molar-refractivity contribution in [1.29, 1.82) is 0 Å². The molecule has 1 heterocycles. The topological polar surface area (TPSA) is 18.5 Å². The van der Waals surface area contributed by atoms with E-state index in [9.17, 15) is 17.6 Å². The van der Waals surface area contributed by atoms with Crippen LogP contribution in [0.4, 0.5) is 17.6 Å². The van der Waals surface area contributed by atoms with Gasteiger partial charge in [0.25, 0.3) is 0 Å². The molecule has 158 valence electrons. The lowest BCUT2D eigenvalue weighted by Crippen LogP contribution is -2.32. The van der Waals surface area contributed by atoms with Crippen LogP contribution in [0.5, 0.6) is 0 Å². The first-order valence-electron chi connectivity index (χ1n) is 9.73. The van der Waals surface area contributed by atoms with Crippen LogP contribution in [0.3, 0.4) is 0 Å². The first-order chi connectivity index (χ1) is 13.9. The Morgan fingerprint density at radius 3 is 1.93 bits per heavy atom. The maximum absolute atomic E-state index is 14.5. The Bertz CT molecular complexity index is 805. The molecule has 1 fully saturated rings. The van der Waals surface area contributed by atoms with Crippen molar-refractivity contribution in [3.05, 3.63) is 69.2 Å². The highest BCUT2D eigenvalue weighted by molar-refractivity contribution is 6.30. The molecule has 2 aromatic carbocycles. The van der Waals surface area contributed by atoms with Crippen molar-refractivity contribution in [3.8, 4) is 0 Å². The fraction of sp³-hybridized carbons (Fsp3) is 0.455. The zero-order valence-electron chi connectivity index (χ0n) is 16.1. The van der Waals surface area contributed by atoms with Gasteiger partial charge in [0.1, 0.15) is 28.3 Å². The molecule has 3 rings (SSSR count). The van der Waals surface area contributed by atoms with E-state index in [4.69, 9.17) is 21.1 Å². The standard InChI is InChI=1S/C22H23ClF4O2/c1-2-3-4-13-7-16(24)21(17(25)8-13)15-11-28-20(29-12-15)6-5-14-9-18(26)22(23)19(27)10-14/h7-10,15,20H,2-6,11-12H2,1H3. The predicted molar refractivity (Wildman–Crippen MR) is 103 cm³/mol. The van der Waals surface area contributed by atoms with E-state index in [-0.39, 0.29) is 18.8 Å². The van der Waals surface area contributed by atoms with Crippen LogP contribution in [0.2, 0.25) is 5.02 Å². The smallest absolute Gasteiger partial charge is 0.157 e. The van der Waals surface area contributed by atoms with E-state index in [1.807, 2.05) is 6.92 Å². The fourth-order valence-corrected chi connectivity index (χ4v) is 3.57. The summed E-state index contributed by atoms with van der Waals surface area (Å²) in [6.45, 7) is 2.24. The summed E-state index contributed by atoms with van der Waals surface area (Å²) < 4.78 is 67.1. The molecular weight excluding hydrogens is 408 g/mol. The molecule has 0 spiro atoms. The van der Waals surface area contributed by atoms with Crippen LogP contribution >= 0.6 is 11.6 Å². The Morgan fingerprint density at radius 1 is 0.862 bits per heavy atom. The van der Waals surface area contributed by atoms with Crippen molar-refractivity contribution in [2.24, 2.45) is 0 Å². The third kappa shape index (κ3) is 5.50. The van der Waals surface area contributed by atoms with E-state index in [2.05, 4.69) is 0 Å². The molecule has 7 heteroatoms. The van der Waals surface area contributed by atoms with Crippen molar-refractivity contribution in [3.63, 3.8) is 0 Å². The molecule has 0 radical (unpaired) electrons. The second-order valence-electron chi connectivity index (χ2n) is 7.28. The lowest BCUT2D eigenvalue weighted by Gasteiger charge is -2.30. The third-order valence-corrected chi connectivity index (χ3v) is 5.41. The van der Waals surface area contributed by atoms with E-state index in [0.29, 0.717) is 30.4 Å². The number of halogens is 5. The molecule has 0 N–H and O–H groups in total. The van der Waals surface area contributed by atoms with Crippen LogP contribution in [0.25, 0.3) is 0 Å². The normalized spacial score (nSPS) is 19.5. The average molecular weight is 431 g/mol. The van der Waals surface area contributed by atoms with Crippen molar-refractivity contribution >= 4 is 11.6 Å². The van der Waals surface area contributed by atoms with E-state index < -0.39 is 40.5 Å². The number of hydrogen-bond acceptors (Lipinski definition) is 2. The van der Waals surface area contributed by atoms with Crippen molar-refractivity contribution in [2.45, 2.75) is 51.2 Å². The van der Waals surface area contributed by atoms with E-state index in [0.717, 1.165) is 12.8 Å². The summed E-state index contributed by atoms with van der Waals surface area (Å²) in [5.74, 6) is -3.35. The highest BCUT2D eigenvalue weighted by atomic mass is 35.5. The molecule has 1 saturated heterocycles. The highest BCUT2D eigenvalue weighted by Gasteiger charge is 2.28. The molecule has 0 aromatic heterocycles. The molecular formula is C22H23ClF4O2. The second-order valence-corrected chi connectivity index (χ2v) is 7.66. The fourth-order valence-electron chi connectivity index (χ4n) is 3.47. The van der Waals surface area contributed by atoms with Gasteiger partial charge in [0.2, 0.25) is 0 Å². The summed E-state index contributed by atoms with van der Waals surface area (Å²) >= 11 is 5.47. The van der Waals surface area contributed by atoms with E-state index in [1.165, 1.54) is 24.3 Å². The monoisotopic (exact) mass is 430 g/mol. The lowest BCUT2D eigenvalue weighted by atomic mass is 9.96. The average Bonchev–Trinajstić information content (AvgIpc) is 2.69. The van der Waals surface area contributed by atoms with Gasteiger partial charge in [-0.15, -0.1) is 0 Å². The molecule has 0 unspecified atom stereocenters. The Labute approximate surface area is 172 Å². The van der Waals surface area contributed by atoms with Crippen LogP contribution < -0.4 is 0 Å². The zero-order valence-corrected chi connectivity index (χ0v) is 16.9. The molecule has 2 nitrogen and oxygen atoms in total. The minimum absolute atomic E-state index is 0.0226. The largest absolute Gasteiger partial charge is 0.352 e. The van der Waals surface area contributed by atoms with Gasteiger partial charge < -0.3 is 9.47 Å². The molecule has 1 aliphatic heterocycles. The predicted octanol–water partition coefficient (Wildman–Crippen LogP) is 6.33. The first kappa shape index (κ1) is 22.1. The van der Waals surface area contributed by atoms with Gasteiger partial charge in [0.05, 0.1) is 13.2 Å². The number of aryl methyl sites for hydroxylation is 2.